The van der Waals surface area contributed by atoms with Gasteiger partial charge in [0.2, 0.25) is 0 Å². The van der Waals surface area contributed by atoms with Gasteiger partial charge in [0, 0.05) is 5.56 Å². The quantitative estimate of drug-likeness (QED) is 0.629. The fourth-order valence-electron chi connectivity index (χ4n) is 1.34. The van der Waals surface area contributed by atoms with Crippen molar-refractivity contribution in [1.29, 1.82) is 0 Å². The first-order chi connectivity index (χ1) is 8.89. The zero-order valence-corrected chi connectivity index (χ0v) is 9.90. The Morgan fingerprint density at radius 2 is 1.89 bits per heavy atom. The van der Waals surface area contributed by atoms with E-state index in [1.807, 2.05) is 0 Å². The van der Waals surface area contributed by atoms with E-state index < -0.39 is 22.8 Å². The summed E-state index contributed by atoms with van der Waals surface area (Å²) in [6.45, 7) is 0. The molecule has 2 heterocycles. The third-order valence-corrected chi connectivity index (χ3v) is 2.52. The average molecular weight is 288 g/mol. The Hall–Kier alpha value is -2.02. The van der Waals surface area contributed by atoms with Gasteiger partial charge in [-0.2, -0.15) is 23.4 Å². The monoisotopic (exact) mass is 287 g/mol. The minimum atomic E-state index is -4.61. The topological polar surface area (TPSA) is 55.7 Å². The minimum absolute atomic E-state index is 0.123. The standard InChI is InChI=1S/C11H5ClF3N3O/c12-10-7(1-2-8(18-10)11(13,14)15)9(19)6-3-4-16-17-5-6/h1-5H. The molecule has 0 fully saturated rings. The number of aromatic nitrogens is 3. The summed E-state index contributed by atoms with van der Waals surface area (Å²) in [6.07, 6.45) is -2.13. The van der Waals surface area contributed by atoms with Crippen molar-refractivity contribution in [3.8, 4) is 0 Å². The number of carbonyl (C=O) groups is 1. The van der Waals surface area contributed by atoms with Gasteiger partial charge >= 0.3 is 6.18 Å². The maximum Gasteiger partial charge on any atom is 0.433 e. The van der Waals surface area contributed by atoms with Gasteiger partial charge in [-0.15, -0.1) is 0 Å². The van der Waals surface area contributed by atoms with E-state index in [9.17, 15) is 18.0 Å². The second-order valence-corrected chi connectivity index (χ2v) is 3.85. The summed E-state index contributed by atoms with van der Waals surface area (Å²) in [6, 6.07) is 3.07. The molecule has 98 valence electrons. The van der Waals surface area contributed by atoms with E-state index in [-0.39, 0.29) is 11.1 Å². The summed E-state index contributed by atoms with van der Waals surface area (Å²) >= 11 is 5.61. The van der Waals surface area contributed by atoms with Gasteiger partial charge in [0.25, 0.3) is 0 Å². The van der Waals surface area contributed by atoms with E-state index >= 15 is 0 Å². The lowest BCUT2D eigenvalue weighted by molar-refractivity contribution is -0.141. The number of nitrogens with zero attached hydrogens (tertiary/aromatic N) is 3. The van der Waals surface area contributed by atoms with Crippen molar-refractivity contribution < 1.29 is 18.0 Å². The highest BCUT2D eigenvalue weighted by molar-refractivity contribution is 6.33. The molecule has 0 aromatic carbocycles. The summed E-state index contributed by atoms with van der Waals surface area (Å²) in [5.41, 5.74) is -1.11. The van der Waals surface area contributed by atoms with Crippen LogP contribution in [-0.4, -0.2) is 21.0 Å². The highest BCUT2D eigenvalue weighted by atomic mass is 35.5. The van der Waals surface area contributed by atoms with Gasteiger partial charge < -0.3 is 0 Å². The lowest BCUT2D eigenvalue weighted by atomic mass is 10.1. The molecule has 2 aromatic rings. The number of alkyl halides is 3. The molecule has 0 aliphatic carbocycles. The second kappa shape index (κ2) is 4.93. The Labute approximate surface area is 110 Å². The molecule has 2 rings (SSSR count). The normalized spacial score (nSPS) is 11.4. The first-order valence-corrected chi connectivity index (χ1v) is 5.32. The summed E-state index contributed by atoms with van der Waals surface area (Å²) in [4.78, 5) is 15.1. The third-order valence-electron chi connectivity index (χ3n) is 2.23. The molecule has 0 aliphatic heterocycles. The average Bonchev–Trinajstić information content (AvgIpc) is 2.38. The third kappa shape index (κ3) is 2.87. The Bertz CT molecular complexity index is 616. The number of halogens is 4. The van der Waals surface area contributed by atoms with Crippen molar-refractivity contribution >= 4 is 17.4 Å². The number of rotatable bonds is 2. The van der Waals surface area contributed by atoms with Gasteiger partial charge in [0.05, 0.1) is 18.0 Å². The van der Waals surface area contributed by atoms with Crippen LogP contribution in [0.25, 0.3) is 0 Å². The predicted molar refractivity (Wildman–Crippen MR) is 59.7 cm³/mol. The van der Waals surface area contributed by atoms with Crippen LogP contribution in [-0.2, 0) is 6.18 Å². The summed E-state index contributed by atoms with van der Waals surface area (Å²) in [5, 5.41) is 6.49. The van der Waals surface area contributed by atoms with Crippen LogP contribution in [0.2, 0.25) is 5.15 Å². The van der Waals surface area contributed by atoms with Gasteiger partial charge in [-0.1, -0.05) is 11.6 Å². The fourth-order valence-corrected chi connectivity index (χ4v) is 1.58. The van der Waals surface area contributed by atoms with E-state index in [0.29, 0.717) is 6.07 Å². The molecule has 0 amide bonds. The first kappa shape index (κ1) is 13.4. The Morgan fingerprint density at radius 3 is 2.42 bits per heavy atom. The summed E-state index contributed by atoms with van der Waals surface area (Å²) in [7, 11) is 0. The number of pyridine rings is 1. The Kier molecular flexibility index (Phi) is 3.48. The maximum atomic E-state index is 12.4. The van der Waals surface area contributed by atoms with Crippen LogP contribution >= 0.6 is 11.6 Å². The maximum absolute atomic E-state index is 12.4. The smallest absolute Gasteiger partial charge is 0.288 e. The first-order valence-electron chi connectivity index (χ1n) is 4.95. The van der Waals surface area contributed by atoms with Crippen LogP contribution in [0.4, 0.5) is 13.2 Å². The van der Waals surface area contributed by atoms with E-state index in [4.69, 9.17) is 11.6 Å². The molecule has 2 aromatic heterocycles. The van der Waals surface area contributed by atoms with Crippen LogP contribution in [0.1, 0.15) is 21.6 Å². The lowest BCUT2D eigenvalue weighted by Gasteiger charge is -2.08. The van der Waals surface area contributed by atoms with Crippen LogP contribution in [0.5, 0.6) is 0 Å². The van der Waals surface area contributed by atoms with Gasteiger partial charge in [-0.3, -0.25) is 4.79 Å². The highest BCUT2D eigenvalue weighted by Gasteiger charge is 2.33. The van der Waals surface area contributed by atoms with Crippen molar-refractivity contribution in [3.63, 3.8) is 0 Å². The molecule has 8 heteroatoms. The second-order valence-electron chi connectivity index (χ2n) is 3.49. The zero-order valence-electron chi connectivity index (χ0n) is 9.15. The number of ketones is 1. The molecular weight excluding hydrogens is 283 g/mol. The molecule has 0 spiro atoms. The van der Waals surface area contributed by atoms with E-state index in [0.717, 1.165) is 6.07 Å². The molecule has 4 nitrogen and oxygen atoms in total. The van der Waals surface area contributed by atoms with Gasteiger partial charge in [-0.25, -0.2) is 4.98 Å². The van der Waals surface area contributed by atoms with Crippen molar-refractivity contribution in [2.24, 2.45) is 0 Å². The predicted octanol–water partition coefficient (Wildman–Crippen LogP) is 2.77. The van der Waals surface area contributed by atoms with Crippen LogP contribution < -0.4 is 0 Å². The van der Waals surface area contributed by atoms with Gasteiger partial charge in [-0.05, 0) is 18.2 Å². The summed E-state index contributed by atoms with van der Waals surface area (Å²) in [5.74, 6) is -0.568. The summed E-state index contributed by atoms with van der Waals surface area (Å²) < 4.78 is 37.2. The SMILES string of the molecule is O=C(c1ccnnc1)c1ccc(C(F)(F)F)nc1Cl. The Balaban J connectivity index is 2.40. The van der Waals surface area contributed by atoms with E-state index in [1.54, 1.807) is 0 Å². The van der Waals surface area contributed by atoms with Gasteiger partial charge in [0.1, 0.15) is 10.8 Å². The van der Waals surface area contributed by atoms with Crippen molar-refractivity contribution in [3.05, 3.63) is 52.6 Å². The van der Waals surface area contributed by atoms with Crippen LogP contribution in [0.3, 0.4) is 0 Å². The molecular formula is C11H5ClF3N3O. The highest BCUT2D eigenvalue weighted by Crippen LogP contribution is 2.29. The lowest BCUT2D eigenvalue weighted by Crippen LogP contribution is -2.11. The number of hydrogen-bond donors (Lipinski definition) is 0. The fraction of sp³-hybridized carbons (Fsp3) is 0.0909. The van der Waals surface area contributed by atoms with Crippen LogP contribution in [0.15, 0.2) is 30.6 Å². The largest absolute Gasteiger partial charge is 0.433 e. The molecule has 0 N–H and O–H groups in total. The molecule has 19 heavy (non-hydrogen) atoms. The van der Waals surface area contributed by atoms with E-state index in [2.05, 4.69) is 15.2 Å². The van der Waals surface area contributed by atoms with Crippen molar-refractivity contribution in [1.82, 2.24) is 15.2 Å². The molecule has 0 unspecified atom stereocenters. The number of hydrogen-bond acceptors (Lipinski definition) is 4. The molecule has 0 aliphatic rings. The van der Waals surface area contributed by atoms with Crippen LogP contribution in [0, 0.1) is 0 Å². The van der Waals surface area contributed by atoms with Gasteiger partial charge in [0.15, 0.2) is 5.78 Å². The molecule has 0 saturated heterocycles. The van der Waals surface area contributed by atoms with E-state index in [1.165, 1.54) is 18.5 Å². The number of carbonyl (C=O) groups excluding carboxylic acids is 1. The minimum Gasteiger partial charge on any atom is -0.288 e. The molecule has 0 saturated carbocycles. The molecule has 0 radical (unpaired) electrons. The van der Waals surface area contributed by atoms with Crippen molar-refractivity contribution in [2.45, 2.75) is 6.18 Å². The molecule has 0 atom stereocenters. The van der Waals surface area contributed by atoms with Crippen molar-refractivity contribution in [2.75, 3.05) is 0 Å². The Morgan fingerprint density at radius 1 is 1.16 bits per heavy atom. The molecule has 0 bridgehead atoms. The zero-order chi connectivity index (χ0) is 14.0.